The van der Waals surface area contributed by atoms with E-state index >= 15 is 0 Å². The van der Waals surface area contributed by atoms with Gasteiger partial charge in [-0.25, -0.2) is 9.59 Å². The molecule has 0 bridgehead atoms. The van der Waals surface area contributed by atoms with Gasteiger partial charge in [0.2, 0.25) is 0 Å². The minimum Gasteiger partial charge on any atom is -0.331 e. The summed E-state index contributed by atoms with van der Waals surface area (Å²) in [5.74, 6) is 2.49. The molecule has 3 aromatic rings. The number of benzene rings is 3. The first-order valence-corrected chi connectivity index (χ1v) is 32.7. The van der Waals surface area contributed by atoms with E-state index < -0.39 is 8.07 Å². The Balaban J connectivity index is 0.000000995. The molecule has 0 spiro atoms. The van der Waals surface area contributed by atoms with Crippen molar-refractivity contribution in [2.24, 2.45) is 5.73 Å². The average molecular weight is 1430 g/mol. The van der Waals surface area contributed by atoms with Crippen LogP contribution in [0, 0.1) is 31.5 Å². The topological polar surface area (TPSA) is 112 Å². The van der Waals surface area contributed by atoms with Gasteiger partial charge in [0.05, 0.1) is 42.2 Å². The van der Waals surface area contributed by atoms with Crippen LogP contribution in [0.2, 0.25) is 49.8 Å². The second-order valence-corrected chi connectivity index (χ2v) is 29.6. The number of amides is 4. The Labute approximate surface area is 522 Å². The van der Waals surface area contributed by atoms with E-state index in [0.717, 1.165) is 81.7 Å². The molecule has 4 amide bonds. The predicted octanol–water partition coefficient (Wildman–Crippen LogP) is 14.6. The lowest BCUT2D eigenvalue weighted by Crippen LogP contribution is -2.48. The van der Waals surface area contributed by atoms with Crippen molar-refractivity contribution in [1.82, 2.24) is 40.4 Å². The molecular formula is C55H84Cl7I2N9O2Si. The molecule has 3 aromatic carbocycles. The summed E-state index contributed by atoms with van der Waals surface area (Å²) >= 11 is 41.2. The zero-order chi connectivity index (χ0) is 56.2. The maximum absolute atomic E-state index is 12.5. The van der Waals surface area contributed by atoms with Gasteiger partial charge in [-0.1, -0.05) is 121 Å². The third-order valence-corrected chi connectivity index (χ3v) is 19.2. The van der Waals surface area contributed by atoms with E-state index in [1.807, 2.05) is 70.1 Å². The van der Waals surface area contributed by atoms with Gasteiger partial charge in [0, 0.05) is 51.0 Å². The van der Waals surface area contributed by atoms with Crippen LogP contribution in [0.4, 0.5) is 9.59 Å². The summed E-state index contributed by atoms with van der Waals surface area (Å²) in [5.41, 5.74) is 11.5. The zero-order valence-corrected chi connectivity index (χ0v) is 56.3. The molecule has 21 heteroatoms. The van der Waals surface area contributed by atoms with Gasteiger partial charge in [0.1, 0.15) is 8.07 Å². The number of halogens is 9. The summed E-state index contributed by atoms with van der Waals surface area (Å²) in [6.45, 7) is 18.7. The number of nitrogens with zero attached hydrogens (tertiary/aromatic N) is 5. The zero-order valence-electron chi connectivity index (χ0n) is 45.6. The van der Waals surface area contributed by atoms with Crippen LogP contribution in [-0.4, -0.2) is 144 Å². The van der Waals surface area contributed by atoms with E-state index in [2.05, 4.69) is 135 Å². The van der Waals surface area contributed by atoms with Gasteiger partial charge in [-0.05, 0) is 207 Å². The Morgan fingerprint density at radius 2 is 0.947 bits per heavy atom. The summed E-state index contributed by atoms with van der Waals surface area (Å²) in [6.07, 6.45) is 17.1. The van der Waals surface area contributed by atoms with Crippen molar-refractivity contribution < 1.29 is 9.59 Å². The summed E-state index contributed by atoms with van der Waals surface area (Å²) in [6, 6.07) is 11.8. The van der Waals surface area contributed by atoms with Crippen LogP contribution in [0.15, 0.2) is 36.4 Å². The number of terminal acetylenes is 2. The molecule has 3 heterocycles. The molecule has 0 aromatic heterocycles. The van der Waals surface area contributed by atoms with Crippen molar-refractivity contribution >= 4 is 147 Å². The number of rotatable bonds is 8. The van der Waals surface area contributed by atoms with Gasteiger partial charge >= 0.3 is 12.1 Å². The molecule has 428 valence electrons. The van der Waals surface area contributed by atoms with Crippen LogP contribution in [0.1, 0.15) is 107 Å². The highest BCUT2D eigenvalue weighted by Crippen LogP contribution is 2.35. The maximum atomic E-state index is 12.5. The van der Waals surface area contributed by atoms with Crippen LogP contribution in [-0.2, 0) is 0 Å². The first-order chi connectivity index (χ1) is 34.6. The number of nitrogens with one attached hydrogen (secondary N) is 3. The molecule has 3 fully saturated rings. The monoisotopic (exact) mass is 1430 g/mol. The molecule has 3 aliphatic heterocycles. The Hall–Kier alpha value is -1.17. The fraction of sp³-hybridized carbons (Fsp3) is 0.564. The van der Waals surface area contributed by atoms with Crippen molar-refractivity contribution in [3.05, 3.63) is 95.9 Å². The second kappa shape index (κ2) is 37.0. The van der Waals surface area contributed by atoms with Gasteiger partial charge in [0.25, 0.3) is 0 Å². The summed E-state index contributed by atoms with van der Waals surface area (Å²) in [7, 11) is 11.1. The van der Waals surface area contributed by atoms with E-state index in [-0.39, 0.29) is 62.1 Å². The molecule has 5 N–H and O–H groups in total. The van der Waals surface area contributed by atoms with Crippen molar-refractivity contribution in [2.75, 3.05) is 81.6 Å². The first kappa shape index (κ1) is 74.8. The van der Waals surface area contributed by atoms with Crippen LogP contribution < -0.4 is 21.7 Å². The van der Waals surface area contributed by atoms with Crippen LogP contribution in [0.25, 0.3) is 0 Å². The average Bonchev–Trinajstić information content (AvgIpc) is 3.36. The van der Waals surface area contributed by atoms with E-state index in [1.54, 1.807) is 11.0 Å². The van der Waals surface area contributed by atoms with Crippen molar-refractivity contribution in [3.8, 4) is 24.3 Å². The van der Waals surface area contributed by atoms with Crippen LogP contribution in [0.3, 0.4) is 0 Å². The largest absolute Gasteiger partial charge is 0.331 e. The first-order valence-electron chi connectivity index (χ1n) is 24.8. The second-order valence-electron chi connectivity index (χ2n) is 20.2. The van der Waals surface area contributed by atoms with Crippen LogP contribution >= 0.6 is 127 Å². The van der Waals surface area contributed by atoms with Crippen molar-refractivity contribution in [2.45, 2.75) is 123 Å². The minimum absolute atomic E-state index is 0. The fourth-order valence-corrected chi connectivity index (χ4v) is 10.7. The fourth-order valence-electron chi connectivity index (χ4n) is 7.90. The molecule has 3 saturated heterocycles. The highest BCUT2D eigenvalue weighted by molar-refractivity contribution is 14.1. The molecular weight excluding hydrogens is 1350 g/mol. The Bertz CT molecular complexity index is 2350. The van der Waals surface area contributed by atoms with Gasteiger partial charge in [-0.2, -0.15) is 0 Å². The molecule has 6 rings (SSSR count). The Morgan fingerprint density at radius 1 is 0.632 bits per heavy atom. The number of carbonyl (C=O) groups is 2. The lowest BCUT2D eigenvalue weighted by Gasteiger charge is -2.35. The van der Waals surface area contributed by atoms with E-state index in [9.17, 15) is 9.59 Å². The molecule has 0 aliphatic carbocycles. The molecule has 0 radical (unpaired) electrons. The quantitative estimate of drug-likeness (QED) is 0.0769. The molecule has 3 unspecified atom stereocenters. The third-order valence-electron chi connectivity index (χ3n) is 13.2. The number of urea groups is 2. The third kappa shape index (κ3) is 24.9. The number of nitrogens with two attached hydrogens (primary N) is 1. The normalized spacial score (nSPS) is 16.6. The van der Waals surface area contributed by atoms with E-state index in [0.29, 0.717) is 35.7 Å². The minimum atomic E-state index is -1.10. The number of hydrogen-bond donors (Lipinski definition) is 4. The van der Waals surface area contributed by atoms with Gasteiger partial charge in [0.15, 0.2) is 0 Å². The standard InChI is InChI=1S/C18H23Cl2N3O.C16H22Cl2IN3O.C8H8Cl2IN.C7H16N2.C5H10Si.CH4.ClH/c1-5-13-6-7-15(17(20)16(13)19)12(2)21-18(24)23(4)14-8-10-22(3)11-9-14;1-10(12-4-5-13(19)15(18)14(12)17)20-16(23)22(3)11-6-8-21(2)9-7-11;1-4(12)5-2-3-6(11)8(10)7(5)9;1-8-7-3-5-9(2)6-4-7;1-5-6(2,3)4;;/h1,6-7,12,14H,8-11H2,2-4H3,(H,21,24);4-5,10-11H,6-9H2,1-3H3,(H,20,23);2-4H,12H2,1H3;7-8H,3-6H2,1-2H3;1H,2-4H3;1H4;1H. The van der Waals surface area contributed by atoms with Crippen molar-refractivity contribution in [1.29, 1.82) is 0 Å². The summed E-state index contributed by atoms with van der Waals surface area (Å²) in [5, 5.41) is 12.2. The molecule has 0 saturated carbocycles. The predicted molar refractivity (Wildman–Crippen MR) is 352 cm³/mol. The number of piperidine rings is 3. The highest BCUT2D eigenvalue weighted by atomic mass is 127. The number of hydrogen-bond acceptors (Lipinski definition) is 7. The highest BCUT2D eigenvalue weighted by Gasteiger charge is 2.27. The van der Waals surface area contributed by atoms with E-state index in [4.69, 9.17) is 88.2 Å². The van der Waals surface area contributed by atoms with Gasteiger partial charge < -0.3 is 46.2 Å². The summed E-state index contributed by atoms with van der Waals surface area (Å²) in [4.78, 5) is 35.6. The Kier molecular flexibility index (Phi) is 36.5. The molecule has 3 atom stereocenters. The van der Waals surface area contributed by atoms with E-state index in [1.165, 1.54) is 25.9 Å². The summed E-state index contributed by atoms with van der Waals surface area (Å²) < 4.78 is 1.85. The molecule has 11 nitrogen and oxygen atoms in total. The molecule has 76 heavy (non-hydrogen) atoms. The SMILES string of the molecule is C.C#C[Si](C)(C)C.C#Cc1ccc(C(C)NC(=O)N(C)C2CCN(C)CC2)c(Cl)c1Cl.CC(N)c1ccc(I)c(Cl)c1Cl.CC(NC(=O)N(C)C1CCN(C)CC1)c1ccc(I)c(Cl)c1Cl.CNC1CCN(C)CC1.Cl. The maximum Gasteiger partial charge on any atom is 0.317 e. The molecule has 3 aliphatic rings. The van der Waals surface area contributed by atoms with Crippen LogP contribution in [0.5, 0.6) is 0 Å². The van der Waals surface area contributed by atoms with Gasteiger partial charge in [-0.3, -0.25) is 0 Å². The van der Waals surface area contributed by atoms with Crippen molar-refractivity contribution in [3.63, 3.8) is 0 Å². The Morgan fingerprint density at radius 3 is 1.28 bits per heavy atom. The lowest BCUT2D eigenvalue weighted by atomic mass is 10.0. The van der Waals surface area contributed by atoms with Gasteiger partial charge in [-0.15, -0.1) is 30.8 Å². The lowest BCUT2D eigenvalue weighted by molar-refractivity contribution is 0.145. The smallest absolute Gasteiger partial charge is 0.317 e. The number of likely N-dealkylation sites (tertiary alicyclic amines) is 3. The number of carbonyl (C=O) groups excluding carboxylic acids is 2.